The lowest BCUT2D eigenvalue weighted by atomic mass is 9.95. The molecule has 1 aromatic heterocycles. The van der Waals surface area contributed by atoms with E-state index < -0.39 is 6.04 Å². The molecule has 0 saturated heterocycles. The summed E-state index contributed by atoms with van der Waals surface area (Å²) in [4.78, 5) is 33.3. The van der Waals surface area contributed by atoms with Gasteiger partial charge >= 0.3 is 0 Å². The highest BCUT2D eigenvalue weighted by Crippen LogP contribution is 2.36. The van der Waals surface area contributed by atoms with E-state index in [0.717, 1.165) is 20.3 Å². The van der Waals surface area contributed by atoms with Crippen LogP contribution in [0.15, 0.2) is 106 Å². The van der Waals surface area contributed by atoms with E-state index in [1.807, 2.05) is 79.7 Å². The number of thiazole rings is 1. The molecule has 1 atom stereocenters. The average molecular weight is 827 g/mol. The quantitative estimate of drug-likeness (QED) is 0.146. The Morgan fingerprint density at radius 1 is 1.02 bits per heavy atom. The number of nitrogens with one attached hydrogen (secondary N) is 1. The number of fused-ring (bicyclic) bond motifs is 1. The number of aromatic nitrogens is 1. The van der Waals surface area contributed by atoms with Crippen LogP contribution in [0.1, 0.15) is 36.6 Å². The normalized spacial score (nSPS) is 14.2. The zero-order chi connectivity index (χ0) is 34.7. The molecule has 0 aliphatic carbocycles. The van der Waals surface area contributed by atoms with Gasteiger partial charge in [0.25, 0.3) is 11.5 Å². The van der Waals surface area contributed by atoms with Crippen molar-refractivity contribution >= 4 is 74.8 Å². The number of carbonyl (C=O) groups excluding carboxylic acids is 1. The maximum atomic E-state index is 14.2. The number of rotatable bonds is 10. The highest BCUT2D eigenvalue weighted by molar-refractivity contribution is 14.1. The zero-order valence-corrected chi connectivity index (χ0v) is 31.1. The van der Waals surface area contributed by atoms with E-state index in [1.165, 1.54) is 11.3 Å². The number of halogens is 3. The lowest BCUT2D eigenvalue weighted by Crippen LogP contribution is -2.40. The number of amides is 1. The minimum absolute atomic E-state index is 0.256. The van der Waals surface area contributed by atoms with Crippen molar-refractivity contribution in [3.05, 3.63) is 146 Å². The number of anilines is 1. The Balaban J connectivity index is 1.39. The fourth-order valence-corrected chi connectivity index (χ4v) is 7.61. The summed E-state index contributed by atoms with van der Waals surface area (Å²) in [6.45, 7) is 4.49. The van der Waals surface area contributed by atoms with Crippen LogP contribution in [0.5, 0.6) is 17.2 Å². The SMILES string of the molecule is CCOc1ccc([C@@H]2C(C(=O)Nc3ccccc3)=C(C)N=c3s/c(=C\c4cc(I)c(OCc5ccc(Cl)c(Cl)c5)c(OC)c4)c(=O)n32)cc1. The van der Waals surface area contributed by atoms with Crippen LogP contribution in [0, 0.1) is 3.57 Å². The molecule has 1 aliphatic rings. The lowest BCUT2D eigenvalue weighted by Gasteiger charge is -2.25. The second kappa shape index (κ2) is 15.2. The van der Waals surface area contributed by atoms with E-state index >= 15 is 0 Å². The summed E-state index contributed by atoms with van der Waals surface area (Å²) in [5.41, 5.74) is 3.63. The Bertz CT molecular complexity index is 2250. The predicted molar refractivity (Wildman–Crippen MR) is 203 cm³/mol. The Kier molecular flexibility index (Phi) is 10.8. The van der Waals surface area contributed by atoms with Gasteiger partial charge in [-0.05, 0) is 108 Å². The van der Waals surface area contributed by atoms with Gasteiger partial charge in [0.05, 0.1) is 49.2 Å². The second-order valence-electron chi connectivity index (χ2n) is 11.0. The van der Waals surface area contributed by atoms with Gasteiger partial charge < -0.3 is 19.5 Å². The highest BCUT2D eigenvalue weighted by atomic mass is 127. The number of nitrogens with zero attached hydrogens (tertiary/aromatic N) is 2. The number of benzene rings is 4. The first-order valence-corrected chi connectivity index (χ1v) is 17.9. The minimum Gasteiger partial charge on any atom is -0.494 e. The molecule has 1 amide bonds. The molecule has 5 aromatic rings. The first-order chi connectivity index (χ1) is 23.7. The molecule has 250 valence electrons. The van der Waals surface area contributed by atoms with Crippen molar-refractivity contribution in [3.8, 4) is 17.2 Å². The Hall–Kier alpha value is -4.10. The molecule has 0 bridgehead atoms. The number of para-hydroxylation sites is 1. The zero-order valence-electron chi connectivity index (χ0n) is 26.6. The van der Waals surface area contributed by atoms with Crippen molar-refractivity contribution < 1.29 is 19.0 Å². The van der Waals surface area contributed by atoms with Gasteiger partial charge in [-0.2, -0.15) is 0 Å². The van der Waals surface area contributed by atoms with Crippen LogP contribution in [0.2, 0.25) is 10.0 Å². The van der Waals surface area contributed by atoms with Crippen LogP contribution < -0.4 is 34.4 Å². The molecule has 49 heavy (non-hydrogen) atoms. The highest BCUT2D eigenvalue weighted by Gasteiger charge is 2.32. The topological polar surface area (TPSA) is 91.2 Å². The monoisotopic (exact) mass is 825 g/mol. The molecule has 6 rings (SSSR count). The van der Waals surface area contributed by atoms with Gasteiger partial charge in [0.1, 0.15) is 12.4 Å². The minimum atomic E-state index is -0.718. The van der Waals surface area contributed by atoms with Gasteiger partial charge in [0, 0.05) is 5.69 Å². The van der Waals surface area contributed by atoms with Crippen molar-refractivity contribution in [2.24, 2.45) is 4.99 Å². The average Bonchev–Trinajstić information content (AvgIpc) is 3.39. The van der Waals surface area contributed by atoms with Crippen LogP contribution in [0.25, 0.3) is 6.08 Å². The molecule has 0 saturated carbocycles. The number of hydrogen-bond acceptors (Lipinski definition) is 7. The number of ether oxygens (including phenoxy) is 3. The molecular weight excluding hydrogens is 796 g/mol. The number of carbonyl (C=O) groups is 1. The number of allylic oxidation sites excluding steroid dienone is 1. The fourth-order valence-electron chi connectivity index (χ4n) is 5.46. The first-order valence-electron chi connectivity index (χ1n) is 15.2. The van der Waals surface area contributed by atoms with Crippen molar-refractivity contribution in [2.75, 3.05) is 19.0 Å². The molecule has 0 fully saturated rings. The van der Waals surface area contributed by atoms with E-state index in [0.29, 0.717) is 60.2 Å². The van der Waals surface area contributed by atoms with Gasteiger partial charge in [0.15, 0.2) is 16.3 Å². The van der Waals surface area contributed by atoms with Crippen LogP contribution in [0.4, 0.5) is 5.69 Å². The predicted octanol–water partition coefficient (Wildman–Crippen LogP) is 7.77. The van der Waals surface area contributed by atoms with Gasteiger partial charge in [-0.1, -0.05) is 70.9 Å². The van der Waals surface area contributed by atoms with Crippen molar-refractivity contribution in [3.63, 3.8) is 0 Å². The summed E-state index contributed by atoms with van der Waals surface area (Å²) in [6.07, 6.45) is 1.80. The molecule has 4 aromatic carbocycles. The Morgan fingerprint density at radius 3 is 2.47 bits per heavy atom. The van der Waals surface area contributed by atoms with Gasteiger partial charge in [0.2, 0.25) is 0 Å². The summed E-state index contributed by atoms with van der Waals surface area (Å²) in [6, 6.07) is 25.0. The van der Waals surface area contributed by atoms with E-state index in [9.17, 15) is 9.59 Å². The summed E-state index contributed by atoms with van der Waals surface area (Å²) < 4.78 is 20.3. The van der Waals surface area contributed by atoms with E-state index in [1.54, 1.807) is 36.8 Å². The smallest absolute Gasteiger partial charge is 0.271 e. The molecule has 1 N–H and O–H groups in total. The first kappa shape index (κ1) is 34.8. The molecule has 2 heterocycles. The summed E-state index contributed by atoms with van der Waals surface area (Å²) in [5.74, 6) is 1.43. The van der Waals surface area contributed by atoms with Gasteiger partial charge in [-0.25, -0.2) is 4.99 Å². The van der Waals surface area contributed by atoms with Crippen LogP contribution >= 0.6 is 57.1 Å². The maximum Gasteiger partial charge on any atom is 0.271 e. The van der Waals surface area contributed by atoms with E-state index in [4.69, 9.17) is 42.4 Å². The van der Waals surface area contributed by atoms with Crippen molar-refractivity contribution in [1.29, 1.82) is 0 Å². The van der Waals surface area contributed by atoms with Crippen LogP contribution in [-0.2, 0) is 11.4 Å². The molecular formula is C37H30Cl2IN3O5S. The molecule has 1 aliphatic heterocycles. The standard InChI is InChI=1S/C37H30Cl2IN3O5S/c1-4-47-26-13-11-24(12-14-26)33-32(35(44)42-25-8-6-5-7-9-25)21(2)41-37-43(33)36(45)31(49-37)19-23-17-29(40)34(30(18-23)46-3)48-20-22-10-15-27(38)28(39)16-22/h5-19,33H,4,20H2,1-3H3,(H,42,44)/b31-19-/t33-/m1/s1. The molecule has 0 unspecified atom stereocenters. The molecule has 0 spiro atoms. The third-order valence-electron chi connectivity index (χ3n) is 7.72. The number of methoxy groups -OCH3 is 1. The third-order valence-corrected chi connectivity index (χ3v) is 10.2. The summed E-state index contributed by atoms with van der Waals surface area (Å²) >= 11 is 15.7. The maximum absolute atomic E-state index is 14.2. The molecule has 12 heteroatoms. The molecule has 8 nitrogen and oxygen atoms in total. The van der Waals surface area contributed by atoms with Gasteiger partial charge in [-0.15, -0.1) is 0 Å². The summed E-state index contributed by atoms with van der Waals surface area (Å²) in [7, 11) is 1.57. The Morgan fingerprint density at radius 2 is 1.78 bits per heavy atom. The third kappa shape index (κ3) is 7.57. The van der Waals surface area contributed by atoms with Crippen LogP contribution in [0.3, 0.4) is 0 Å². The van der Waals surface area contributed by atoms with E-state index in [-0.39, 0.29) is 18.1 Å². The largest absolute Gasteiger partial charge is 0.494 e. The summed E-state index contributed by atoms with van der Waals surface area (Å²) in [5, 5.41) is 3.90. The molecule has 0 radical (unpaired) electrons. The lowest BCUT2D eigenvalue weighted by molar-refractivity contribution is -0.113. The second-order valence-corrected chi connectivity index (χ2v) is 14.0. The van der Waals surface area contributed by atoms with Crippen LogP contribution in [-0.4, -0.2) is 24.2 Å². The Labute approximate surface area is 310 Å². The van der Waals surface area contributed by atoms with E-state index in [2.05, 4.69) is 27.9 Å². The van der Waals surface area contributed by atoms with Gasteiger partial charge in [-0.3, -0.25) is 14.2 Å². The van der Waals surface area contributed by atoms with Crippen molar-refractivity contribution in [1.82, 2.24) is 4.57 Å². The van der Waals surface area contributed by atoms with Crippen molar-refractivity contribution in [2.45, 2.75) is 26.5 Å². The number of hydrogen-bond donors (Lipinski definition) is 1. The fraction of sp³-hybridized carbons (Fsp3) is 0.162.